The van der Waals surface area contributed by atoms with Gasteiger partial charge in [-0.05, 0) is 46.6 Å². The minimum Gasteiger partial charge on any atom is -0.369 e. The number of amides is 1. The topological polar surface area (TPSA) is 41.6 Å². The van der Waals surface area contributed by atoms with Crippen LogP contribution in [0.5, 0.6) is 0 Å². The third-order valence-electron chi connectivity index (χ3n) is 4.46. The minimum absolute atomic E-state index is 0.123. The fourth-order valence-corrected chi connectivity index (χ4v) is 3.55. The zero-order valence-corrected chi connectivity index (χ0v) is 12.8. The van der Waals surface area contributed by atoms with Crippen LogP contribution >= 0.6 is 0 Å². The van der Waals surface area contributed by atoms with E-state index in [0.29, 0.717) is 12.5 Å². The molecule has 0 spiro atoms. The molecular weight excluding hydrogens is 240 g/mol. The molecule has 110 valence electrons. The molecule has 0 aromatic rings. The van der Waals surface area contributed by atoms with Gasteiger partial charge >= 0.3 is 0 Å². The number of nitrogens with one attached hydrogen (secondary N) is 1. The van der Waals surface area contributed by atoms with Crippen molar-refractivity contribution in [3.05, 3.63) is 0 Å². The molecule has 1 N–H and O–H groups in total. The van der Waals surface area contributed by atoms with Crippen LogP contribution in [0.3, 0.4) is 0 Å². The van der Waals surface area contributed by atoms with Crippen LogP contribution in [0.2, 0.25) is 0 Å². The average molecular weight is 268 g/mol. The molecule has 4 heteroatoms. The van der Waals surface area contributed by atoms with Gasteiger partial charge in [-0.15, -0.1) is 0 Å². The molecule has 2 saturated heterocycles. The van der Waals surface area contributed by atoms with Gasteiger partial charge in [-0.1, -0.05) is 6.92 Å². The van der Waals surface area contributed by atoms with Gasteiger partial charge in [0, 0.05) is 19.6 Å². The second kappa shape index (κ2) is 5.41. The summed E-state index contributed by atoms with van der Waals surface area (Å²) in [7, 11) is 0. The minimum atomic E-state index is -0.232. The van der Waals surface area contributed by atoms with Crippen molar-refractivity contribution >= 4 is 5.91 Å². The average Bonchev–Trinajstić information content (AvgIpc) is 2.36. The predicted molar refractivity (Wildman–Crippen MR) is 76.0 cm³/mol. The largest absolute Gasteiger partial charge is 0.369 e. The van der Waals surface area contributed by atoms with Gasteiger partial charge in [0.2, 0.25) is 5.91 Å². The number of ether oxygens (including phenoxy) is 1. The molecule has 0 aliphatic carbocycles. The summed E-state index contributed by atoms with van der Waals surface area (Å²) in [6.07, 6.45) is 3.16. The molecule has 2 atom stereocenters. The molecule has 1 amide bonds. The van der Waals surface area contributed by atoms with Crippen molar-refractivity contribution in [1.82, 2.24) is 10.2 Å². The van der Waals surface area contributed by atoms with E-state index in [1.807, 2.05) is 4.90 Å². The first kappa shape index (κ1) is 14.8. The van der Waals surface area contributed by atoms with E-state index in [-0.39, 0.29) is 17.1 Å². The highest BCUT2D eigenvalue weighted by Gasteiger charge is 2.44. The molecule has 0 bridgehead atoms. The summed E-state index contributed by atoms with van der Waals surface area (Å²) in [6.45, 7) is 11.6. The van der Waals surface area contributed by atoms with Gasteiger partial charge in [0.05, 0.1) is 17.1 Å². The normalized spacial score (nSPS) is 35.2. The van der Waals surface area contributed by atoms with Crippen LogP contribution in [0.4, 0.5) is 0 Å². The number of hydrogen-bond donors (Lipinski definition) is 1. The SMILES string of the molecule is CCC1(C(=O)N2CC(C)OC(C)(C)C2)CCCNC1. The van der Waals surface area contributed by atoms with Gasteiger partial charge in [0.25, 0.3) is 0 Å². The maximum Gasteiger partial charge on any atom is 0.230 e. The zero-order valence-electron chi connectivity index (χ0n) is 12.8. The van der Waals surface area contributed by atoms with Gasteiger partial charge in [-0.2, -0.15) is 0 Å². The monoisotopic (exact) mass is 268 g/mol. The number of carbonyl (C=O) groups is 1. The Kier molecular flexibility index (Phi) is 4.21. The second-order valence-corrected chi connectivity index (χ2v) is 6.79. The van der Waals surface area contributed by atoms with Gasteiger partial charge in [0.15, 0.2) is 0 Å². The Morgan fingerprint density at radius 3 is 2.74 bits per heavy atom. The van der Waals surface area contributed by atoms with Gasteiger partial charge in [0.1, 0.15) is 0 Å². The summed E-state index contributed by atoms with van der Waals surface area (Å²) >= 11 is 0. The summed E-state index contributed by atoms with van der Waals surface area (Å²) in [5, 5.41) is 3.40. The van der Waals surface area contributed by atoms with Gasteiger partial charge < -0.3 is 15.0 Å². The first-order valence-electron chi connectivity index (χ1n) is 7.56. The maximum absolute atomic E-state index is 13.0. The number of nitrogens with zero attached hydrogens (tertiary/aromatic N) is 1. The number of hydrogen-bond acceptors (Lipinski definition) is 3. The van der Waals surface area contributed by atoms with Crippen LogP contribution in [-0.2, 0) is 9.53 Å². The quantitative estimate of drug-likeness (QED) is 0.830. The Labute approximate surface area is 116 Å². The summed E-state index contributed by atoms with van der Waals surface area (Å²) in [4.78, 5) is 15.0. The molecule has 2 rings (SSSR count). The highest BCUT2D eigenvalue weighted by molar-refractivity contribution is 5.83. The van der Waals surface area contributed by atoms with Crippen molar-refractivity contribution in [3.8, 4) is 0 Å². The second-order valence-electron chi connectivity index (χ2n) is 6.79. The van der Waals surface area contributed by atoms with E-state index in [0.717, 1.165) is 38.9 Å². The summed E-state index contributed by atoms with van der Waals surface area (Å²) in [5.41, 5.74) is -0.421. The Morgan fingerprint density at radius 1 is 1.47 bits per heavy atom. The van der Waals surface area contributed by atoms with Crippen molar-refractivity contribution in [2.75, 3.05) is 26.2 Å². The smallest absolute Gasteiger partial charge is 0.230 e. The summed E-state index contributed by atoms with van der Waals surface area (Å²) < 4.78 is 5.90. The Hall–Kier alpha value is -0.610. The van der Waals surface area contributed by atoms with E-state index < -0.39 is 0 Å². The zero-order chi connectivity index (χ0) is 14.1. The van der Waals surface area contributed by atoms with Crippen LogP contribution in [0.25, 0.3) is 0 Å². The number of rotatable bonds is 2. The fourth-order valence-electron chi connectivity index (χ4n) is 3.55. The standard InChI is InChI=1S/C15H28N2O2/c1-5-15(7-6-8-16-10-15)13(18)17-9-12(2)19-14(3,4)11-17/h12,16H,5-11H2,1-4H3. The van der Waals surface area contributed by atoms with Crippen molar-refractivity contribution in [1.29, 1.82) is 0 Å². The molecule has 2 heterocycles. The fraction of sp³-hybridized carbons (Fsp3) is 0.933. The Balaban J connectivity index is 2.13. The van der Waals surface area contributed by atoms with E-state index in [4.69, 9.17) is 4.74 Å². The Morgan fingerprint density at radius 2 is 2.21 bits per heavy atom. The Bertz CT molecular complexity index is 335. The molecule has 0 radical (unpaired) electrons. The van der Waals surface area contributed by atoms with Crippen molar-refractivity contribution in [2.24, 2.45) is 5.41 Å². The van der Waals surface area contributed by atoms with E-state index in [2.05, 4.69) is 33.0 Å². The number of piperidine rings is 1. The van der Waals surface area contributed by atoms with Gasteiger partial charge in [-0.3, -0.25) is 4.79 Å². The molecule has 4 nitrogen and oxygen atoms in total. The molecule has 2 aliphatic heterocycles. The molecule has 2 fully saturated rings. The first-order valence-corrected chi connectivity index (χ1v) is 7.56. The van der Waals surface area contributed by atoms with Crippen LogP contribution in [-0.4, -0.2) is 48.7 Å². The maximum atomic E-state index is 13.0. The molecule has 0 aromatic heterocycles. The molecule has 2 unspecified atom stereocenters. The lowest BCUT2D eigenvalue weighted by atomic mass is 9.76. The number of morpholine rings is 1. The van der Waals surface area contributed by atoms with E-state index in [9.17, 15) is 4.79 Å². The predicted octanol–water partition coefficient (Wildman–Crippen LogP) is 1.79. The molecule has 19 heavy (non-hydrogen) atoms. The van der Waals surface area contributed by atoms with Crippen LogP contribution in [0.15, 0.2) is 0 Å². The summed E-state index contributed by atoms with van der Waals surface area (Å²) in [5.74, 6) is 0.324. The van der Waals surface area contributed by atoms with Crippen molar-refractivity contribution < 1.29 is 9.53 Å². The lowest BCUT2D eigenvalue weighted by Crippen LogP contribution is -2.59. The van der Waals surface area contributed by atoms with Crippen molar-refractivity contribution in [2.45, 2.75) is 58.7 Å². The van der Waals surface area contributed by atoms with Crippen molar-refractivity contribution in [3.63, 3.8) is 0 Å². The third-order valence-corrected chi connectivity index (χ3v) is 4.46. The molecule has 0 aromatic carbocycles. The van der Waals surface area contributed by atoms with Gasteiger partial charge in [-0.25, -0.2) is 0 Å². The summed E-state index contributed by atoms with van der Waals surface area (Å²) in [6, 6.07) is 0. The molecule has 2 aliphatic rings. The molecular formula is C15H28N2O2. The third kappa shape index (κ3) is 3.11. The highest BCUT2D eigenvalue weighted by Crippen LogP contribution is 2.34. The first-order chi connectivity index (χ1) is 8.88. The van der Waals surface area contributed by atoms with E-state index >= 15 is 0 Å². The lowest BCUT2D eigenvalue weighted by molar-refractivity contribution is -0.168. The number of carbonyl (C=O) groups excluding carboxylic acids is 1. The highest BCUT2D eigenvalue weighted by atomic mass is 16.5. The lowest BCUT2D eigenvalue weighted by Gasteiger charge is -2.46. The molecule has 0 saturated carbocycles. The van der Waals surface area contributed by atoms with Crippen LogP contribution in [0, 0.1) is 5.41 Å². The van der Waals surface area contributed by atoms with Crippen LogP contribution in [0.1, 0.15) is 47.0 Å². The van der Waals surface area contributed by atoms with E-state index in [1.54, 1.807) is 0 Å². The van der Waals surface area contributed by atoms with Crippen LogP contribution < -0.4 is 5.32 Å². The van der Waals surface area contributed by atoms with E-state index in [1.165, 1.54) is 0 Å².